The topological polar surface area (TPSA) is 90.0 Å². The van der Waals surface area contributed by atoms with Gasteiger partial charge in [-0.1, -0.05) is 0 Å². The van der Waals surface area contributed by atoms with Gasteiger partial charge in [-0.25, -0.2) is 0 Å². The molecule has 5 heavy (non-hydrogen) atoms. The van der Waals surface area contributed by atoms with Crippen LogP contribution in [0.5, 0.6) is 0 Å². The SMILES string of the molecule is [Al].[Fe+3].[OH-].[OH-].[OH-]. The molecule has 0 heterocycles. The first-order valence-corrected chi connectivity index (χ1v) is 0. The monoisotopic (exact) mass is 134 g/mol. The Kier molecular flexibility index (Phi) is 2920. The number of hydrogen-bond acceptors (Lipinski definition) is 3. The summed E-state index contributed by atoms with van der Waals surface area (Å²) < 4.78 is 0. The van der Waals surface area contributed by atoms with Crippen molar-refractivity contribution in [1.82, 2.24) is 0 Å². The first-order valence-electron chi connectivity index (χ1n) is 0. The molecule has 0 aromatic heterocycles. The summed E-state index contributed by atoms with van der Waals surface area (Å²) in [5.41, 5.74) is 0. The Morgan fingerprint density at radius 3 is 0.600 bits per heavy atom. The van der Waals surface area contributed by atoms with E-state index in [0.717, 1.165) is 0 Å². The summed E-state index contributed by atoms with van der Waals surface area (Å²) in [4.78, 5) is 0. The van der Waals surface area contributed by atoms with E-state index in [4.69, 9.17) is 0 Å². The molecule has 0 bridgehead atoms. The van der Waals surface area contributed by atoms with Crippen LogP contribution < -0.4 is 0 Å². The molecule has 0 aliphatic rings. The maximum atomic E-state index is 0. The summed E-state index contributed by atoms with van der Waals surface area (Å²) in [6, 6.07) is 0. The molecular weight excluding hydrogens is 131 g/mol. The summed E-state index contributed by atoms with van der Waals surface area (Å²) in [6.45, 7) is 0. The van der Waals surface area contributed by atoms with Crippen molar-refractivity contribution in [1.29, 1.82) is 0 Å². The van der Waals surface area contributed by atoms with Crippen LogP contribution in [-0.2, 0) is 17.1 Å². The van der Waals surface area contributed by atoms with Crippen LogP contribution in [0.3, 0.4) is 0 Å². The minimum atomic E-state index is 0. The summed E-state index contributed by atoms with van der Waals surface area (Å²) in [6.07, 6.45) is 0. The van der Waals surface area contributed by atoms with Gasteiger partial charge in [-0.05, 0) is 0 Å². The number of rotatable bonds is 0. The molecule has 0 unspecified atom stereocenters. The normalized spacial score (nSPS) is 0. The molecule has 0 aromatic rings. The largest absolute Gasteiger partial charge is 3.00 e. The Balaban J connectivity index is 0. The average molecular weight is 134 g/mol. The second-order valence-electron chi connectivity index (χ2n) is 0. The standard InChI is InChI=1S/Al.Fe.3H2O/h;;3*1H2/q;+3;;;/p-3. The van der Waals surface area contributed by atoms with Gasteiger partial charge in [-0.15, -0.1) is 0 Å². The van der Waals surface area contributed by atoms with Crippen molar-refractivity contribution >= 4 is 17.4 Å². The van der Waals surface area contributed by atoms with Gasteiger partial charge in [0.1, 0.15) is 0 Å². The predicted octanol–water partition coefficient (Wildman–Crippen LogP) is -0.914. The molecule has 5 heteroatoms. The van der Waals surface area contributed by atoms with E-state index in [1.54, 1.807) is 0 Å². The Morgan fingerprint density at radius 2 is 0.600 bits per heavy atom. The Hall–Kier alpha value is 0.932. The van der Waals surface area contributed by atoms with Crippen LogP contribution in [0, 0.1) is 0 Å². The average Bonchev–Trinajstić information content (AvgIpc) is 0. The van der Waals surface area contributed by atoms with Crippen LogP contribution in [0.2, 0.25) is 0 Å². The molecule has 0 aromatic carbocycles. The fourth-order valence-electron chi connectivity index (χ4n) is 0. The first-order chi connectivity index (χ1) is 0. The maximum Gasteiger partial charge on any atom is 3.00 e. The molecule has 0 saturated carbocycles. The second-order valence-corrected chi connectivity index (χ2v) is 0. The van der Waals surface area contributed by atoms with Crippen LogP contribution in [0.15, 0.2) is 0 Å². The molecule has 0 aliphatic carbocycles. The van der Waals surface area contributed by atoms with Gasteiger partial charge in [-0.3, -0.25) is 0 Å². The first kappa shape index (κ1) is 166. The van der Waals surface area contributed by atoms with Crippen LogP contribution >= 0.6 is 0 Å². The van der Waals surface area contributed by atoms with Gasteiger partial charge >= 0.3 is 17.1 Å². The van der Waals surface area contributed by atoms with E-state index < -0.39 is 0 Å². The fraction of sp³-hybridized carbons (Fsp3) is 0. The van der Waals surface area contributed by atoms with Crippen LogP contribution in [0.25, 0.3) is 0 Å². The van der Waals surface area contributed by atoms with Gasteiger partial charge in [0, 0.05) is 17.4 Å². The van der Waals surface area contributed by atoms with E-state index in [1.165, 1.54) is 0 Å². The zero-order valence-corrected chi connectivity index (χ0v) is 4.53. The molecular formula is H3AlFeO3. The smallest absolute Gasteiger partial charge is 0.870 e. The van der Waals surface area contributed by atoms with Crippen LogP contribution in [0.1, 0.15) is 0 Å². The van der Waals surface area contributed by atoms with Crippen molar-refractivity contribution in [3.05, 3.63) is 0 Å². The van der Waals surface area contributed by atoms with E-state index in [1.807, 2.05) is 0 Å². The third-order valence-electron chi connectivity index (χ3n) is 0. The summed E-state index contributed by atoms with van der Waals surface area (Å²) in [7, 11) is 0. The second kappa shape index (κ2) is 87.8. The van der Waals surface area contributed by atoms with Crippen molar-refractivity contribution in [2.24, 2.45) is 0 Å². The van der Waals surface area contributed by atoms with Crippen molar-refractivity contribution in [3.63, 3.8) is 0 Å². The molecule has 32 valence electrons. The van der Waals surface area contributed by atoms with Gasteiger partial charge in [0.2, 0.25) is 0 Å². The van der Waals surface area contributed by atoms with Gasteiger partial charge < -0.3 is 16.4 Å². The molecule has 0 fully saturated rings. The molecule has 3 N–H and O–H groups in total. The van der Waals surface area contributed by atoms with Crippen molar-refractivity contribution < 1.29 is 33.5 Å². The molecule has 0 rings (SSSR count). The van der Waals surface area contributed by atoms with Gasteiger partial charge in [-0.2, -0.15) is 0 Å². The summed E-state index contributed by atoms with van der Waals surface area (Å²) in [5, 5.41) is 0. The van der Waals surface area contributed by atoms with E-state index in [0.29, 0.717) is 0 Å². The van der Waals surface area contributed by atoms with Crippen molar-refractivity contribution in [2.75, 3.05) is 0 Å². The van der Waals surface area contributed by atoms with Gasteiger partial charge in [0.25, 0.3) is 0 Å². The predicted molar refractivity (Wildman–Crippen MR) is 11.6 cm³/mol. The fourth-order valence-corrected chi connectivity index (χ4v) is 0. The van der Waals surface area contributed by atoms with E-state index in [-0.39, 0.29) is 50.9 Å². The maximum absolute atomic E-state index is 0. The van der Waals surface area contributed by atoms with Gasteiger partial charge in [0.05, 0.1) is 0 Å². The van der Waals surface area contributed by atoms with E-state index in [2.05, 4.69) is 0 Å². The zero-order valence-electron chi connectivity index (χ0n) is 2.27. The molecule has 0 saturated heterocycles. The molecule has 0 amide bonds. The summed E-state index contributed by atoms with van der Waals surface area (Å²) in [5.74, 6) is 0. The minimum Gasteiger partial charge on any atom is -0.870 e. The molecule has 0 aliphatic heterocycles. The third kappa shape index (κ3) is 48.8. The Morgan fingerprint density at radius 1 is 0.600 bits per heavy atom. The van der Waals surface area contributed by atoms with E-state index >= 15 is 0 Å². The quantitative estimate of drug-likeness (QED) is 0.401. The third-order valence-corrected chi connectivity index (χ3v) is 0. The van der Waals surface area contributed by atoms with Crippen molar-refractivity contribution in [2.45, 2.75) is 0 Å². The molecule has 0 atom stereocenters. The Labute approximate surface area is 51.3 Å². The van der Waals surface area contributed by atoms with E-state index in [9.17, 15) is 0 Å². The van der Waals surface area contributed by atoms with Crippen LogP contribution in [0.4, 0.5) is 0 Å². The molecule has 3 nitrogen and oxygen atoms in total. The number of hydrogen-bond donors (Lipinski definition) is 0. The Bertz CT molecular complexity index is 6.85. The van der Waals surface area contributed by atoms with Crippen molar-refractivity contribution in [3.8, 4) is 0 Å². The minimum absolute atomic E-state index is 0. The van der Waals surface area contributed by atoms with Crippen LogP contribution in [-0.4, -0.2) is 33.8 Å². The molecule has 4 radical (unpaired) electrons. The molecule has 0 spiro atoms. The zero-order chi connectivity index (χ0) is 0. The summed E-state index contributed by atoms with van der Waals surface area (Å²) >= 11 is 0. The van der Waals surface area contributed by atoms with Gasteiger partial charge in [0.15, 0.2) is 0 Å².